The highest BCUT2D eigenvalue weighted by molar-refractivity contribution is 6.07. The number of nitrogens with zero attached hydrogens (tertiary/aromatic N) is 3. The van der Waals surface area contributed by atoms with Gasteiger partial charge < -0.3 is 19.8 Å². The number of aliphatic hydroxyl groups is 2. The fraction of sp³-hybridized carbons (Fsp3) is 0.235. The van der Waals surface area contributed by atoms with Gasteiger partial charge in [0, 0.05) is 6.20 Å². The number of carbonyl (C=O) groups is 1. The Morgan fingerprint density at radius 3 is 3.00 bits per heavy atom. The summed E-state index contributed by atoms with van der Waals surface area (Å²) in [7, 11) is 1.31. The predicted molar refractivity (Wildman–Crippen MR) is 89.0 cm³/mol. The number of fused-ring (bicyclic) bond motifs is 1. The zero-order chi connectivity index (χ0) is 17.1. The minimum Gasteiger partial charge on any atom is -0.465 e. The molecule has 2 atom stereocenters. The number of benzene rings is 1. The van der Waals surface area contributed by atoms with Gasteiger partial charge in [0.05, 0.1) is 30.9 Å². The number of hydrogen-bond donors (Lipinski definition) is 2. The highest BCUT2D eigenvalue weighted by Gasteiger charge is 2.34. The lowest BCUT2D eigenvalue weighted by molar-refractivity contribution is 0.0249. The van der Waals surface area contributed by atoms with E-state index in [1.54, 1.807) is 53.6 Å². The molecule has 2 N–H and O–H groups in total. The number of methoxy groups -OCH3 is 1. The average molecular weight is 327 g/mol. The molecule has 0 aliphatic carbocycles. The predicted octanol–water partition coefficient (Wildman–Crippen LogP) is 1.23. The topological polar surface area (TPSA) is 94.7 Å². The van der Waals surface area contributed by atoms with E-state index >= 15 is 0 Å². The van der Waals surface area contributed by atoms with E-state index in [0.29, 0.717) is 22.9 Å². The first-order valence-electron chi connectivity index (χ1n) is 7.42. The Morgan fingerprint density at radius 2 is 2.25 bits per heavy atom. The van der Waals surface area contributed by atoms with Gasteiger partial charge in [-0.25, -0.2) is 14.8 Å². The molecule has 0 saturated heterocycles. The van der Waals surface area contributed by atoms with Crippen molar-refractivity contribution in [2.45, 2.75) is 6.23 Å². The molecule has 2 aliphatic heterocycles. The fourth-order valence-corrected chi connectivity index (χ4v) is 2.53. The largest absolute Gasteiger partial charge is 0.465 e. The number of hydrogen-bond acceptors (Lipinski definition) is 6. The molecule has 0 spiro atoms. The lowest BCUT2D eigenvalue weighted by Gasteiger charge is -2.36. The molecule has 0 amide bonds. The maximum atomic E-state index is 11.6. The molecule has 2 heterocycles. The third-order valence-corrected chi connectivity index (χ3v) is 3.78. The van der Waals surface area contributed by atoms with Crippen molar-refractivity contribution >= 4 is 23.3 Å². The van der Waals surface area contributed by atoms with Crippen LogP contribution in [-0.2, 0) is 4.74 Å². The van der Waals surface area contributed by atoms with Crippen LogP contribution in [0.2, 0.25) is 0 Å². The molecule has 0 aromatic heterocycles. The molecule has 124 valence electrons. The first kappa shape index (κ1) is 16.1. The average Bonchev–Trinajstić information content (AvgIpc) is 2.61. The first-order chi connectivity index (χ1) is 11.6. The molecule has 3 rings (SSSR count). The van der Waals surface area contributed by atoms with E-state index in [4.69, 9.17) is 4.74 Å². The molecule has 24 heavy (non-hydrogen) atoms. The molecular formula is C17H17N3O4. The van der Waals surface area contributed by atoms with Crippen LogP contribution in [0.15, 0.2) is 58.7 Å². The summed E-state index contributed by atoms with van der Waals surface area (Å²) in [5.41, 5.74) is 0.859. The Labute approximate surface area is 138 Å². The number of ether oxygens (including phenoxy) is 1. The van der Waals surface area contributed by atoms with E-state index in [0.717, 1.165) is 0 Å². The van der Waals surface area contributed by atoms with E-state index in [-0.39, 0.29) is 6.61 Å². The molecule has 2 aliphatic rings. The number of aliphatic imine (C=N–C) groups is 2. The summed E-state index contributed by atoms with van der Waals surface area (Å²) in [4.78, 5) is 22.0. The highest BCUT2D eigenvalue weighted by Crippen LogP contribution is 2.24. The van der Waals surface area contributed by atoms with Gasteiger partial charge in [-0.1, -0.05) is 12.1 Å². The maximum Gasteiger partial charge on any atom is 0.337 e. The van der Waals surface area contributed by atoms with Crippen molar-refractivity contribution in [3.63, 3.8) is 0 Å². The van der Waals surface area contributed by atoms with Gasteiger partial charge in [0.15, 0.2) is 0 Å². The summed E-state index contributed by atoms with van der Waals surface area (Å²) in [6.45, 7) is -0.304. The van der Waals surface area contributed by atoms with Crippen LogP contribution in [0.3, 0.4) is 0 Å². The van der Waals surface area contributed by atoms with Crippen LogP contribution in [0.4, 0.5) is 5.69 Å². The van der Waals surface area contributed by atoms with Crippen LogP contribution in [0, 0.1) is 5.92 Å². The Kier molecular flexibility index (Phi) is 4.54. The number of rotatable bonds is 3. The summed E-state index contributed by atoms with van der Waals surface area (Å²) >= 11 is 0. The van der Waals surface area contributed by atoms with Crippen molar-refractivity contribution in [1.29, 1.82) is 0 Å². The summed E-state index contributed by atoms with van der Waals surface area (Å²) in [6.07, 6.45) is 6.05. The van der Waals surface area contributed by atoms with Gasteiger partial charge in [-0.2, -0.15) is 0 Å². The van der Waals surface area contributed by atoms with E-state index in [1.807, 2.05) is 0 Å². The molecule has 0 bridgehead atoms. The Morgan fingerprint density at radius 1 is 1.42 bits per heavy atom. The zero-order valence-corrected chi connectivity index (χ0v) is 13.0. The number of amidine groups is 2. The van der Waals surface area contributed by atoms with Crippen LogP contribution in [0.1, 0.15) is 10.4 Å². The summed E-state index contributed by atoms with van der Waals surface area (Å²) in [6, 6.07) is 6.59. The van der Waals surface area contributed by atoms with Gasteiger partial charge in [0.2, 0.25) is 0 Å². The van der Waals surface area contributed by atoms with Gasteiger partial charge in [0.1, 0.15) is 17.9 Å². The first-order valence-corrected chi connectivity index (χ1v) is 7.42. The third-order valence-electron chi connectivity index (χ3n) is 3.78. The van der Waals surface area contributed by atoms with Crippen LogP contribution in [0.25, 0.3) is 0 Å². The van der Waals surface area contributed by atoms with Crippen LogP contribution < -0.4 is 0 Å². The van der Waals surface area contributed by atoms with Crippen LogP contribution in [-0.4, -0.2) is 52.7 Å². The van der Waals surface area contributed by atoms with E-state index in [1.165, 1.54) is 7.11 Å². The molecule has 0 saturated carbocycles. The second kappa shape index (κ2) is 6.77. The Bertz CT molecular complexity index is 767. The number of aliphatic hydroxyl groups excluding tert-OH is 2. The number of allylic oxidation sites excluding steroid dienone is 2. The number of carbonyl (C=O) groups excluding carboxylic acids is 1. The highest BCUT2D eigenvalue weighted by atomic mass is 16.5. The molecule has 1 aromatic rings. The fourth-order valence-electron chi connectivity index (χ4n) is 2.53. The smallest absolute Gasteiger partial charge is 0.337 e. The minimum atomic E-state index is -0.966. The second-order valence-electron chi connectivity index (χ2n) is 5.29. The minimum absolute atomic E-state index is 0.304. The monoisotopic (exact) mass is 327 g/mol. The summed E-state index contributed by atoms with van der Waals surface area (Å²) in [5, 5.41) is 20.1. The Hall–Kier alpha value is -2.77. The lowest BCUT2D eigenvalue weighted by atomic mass is 10.0. The standard InChI is InChI=1S/C17H17N3O4/c1-24-17(23)11-5-4-6-12(9-11)18-15-13(10-21)16(22)20-8-3-2-7-14(20)19-15/h2-9,13,16,21-22H,10H2,1H3. The molecule has 0 fully saturated rings. The van der Waals surface area contributed by atoms with Gasteiger partial charge in [-0.3, -0.25) is 0 Å². The lowest BCUT2D eigenvalue weighted by Crippen LogP contribution is -2.49. The molecule has 1 aromatic carbocycles. The van der Waals surface area contributed by atoms with E-state index in [2.05, 4.69) is 9.98 Å². The van der Waals surface area contributed by atoms with Gasteiger partial charge in [-0.05, 0) is 30.4 Å². The van der Waals surface area contributed by atoms with E-state index < -0.39 is 18.1 Å². The summed E-state index contributed by atoms with van der Waals surface area (Å²) < 4.78 is 4.69. The van der Waals surface area contributed by atoms with Crippen molar-refractivity contribution in [2.24, 2.45) is 15.9 Å². The van der Waals surface area contributed by atoms with Crippen molar-refractivity contribution in [1.82, 2.24) is 4.90 Å². The molecular weight excluding hydrogens is 310 g/mol. The SMILES string of the molecule is COC(=O)c1cccc(N=C2N=C3C=CC=CN3C(O)C2CO)c1. The van der Waals surface area contributed by atoms with Crippen molar-refractivity contribution < 1.29 is 19.7 Å². The molecule has 7 heteroatoms. The molecule has 2 unspecified atom stereocenters. The van der Waals surface area contributed by atoms with E-state index in [9.17, 15) is 15.0 Å². The number of esters is 1. The van der Waals surface area contributed by atoms with Crippen molar-refractivity contribution in [2.75, 3.05) is 13.7 Å². The second-order valence-corrected chi connectivity index (χ2v) is 5.29. The van der Waals surface area contributed by atoms with Crippen LogP contribution >= 0.6 is 0 Å². The molecule has 7 nitrogen and oxygen atoms in total. The van der Waals surface area contributed by atoms with Gasteiger partial charge >= 0.3 is 5.97 Å². The molecule has 0 radical (unpaired) electrons. The summed E-state index contributed by atoms with van der Waals surface area (Å²) in [5.74, 6) is -0.278. The van der Waals surface area contributed by atoms with Crippen molar-refractivity contribution in [3.8, 4) is 0 Å². The quantitative estimate of drug-likeness (QED) is 0.814. The van der Waals surface area contributed by atoms with Gasteiger partial charge in [-0.15, -0.1) is 0 Å². The zero-order valence-electron chi connectivity index (χ0n) is 13.0. The Balaban J connectivity index is 2.00. The van der Waals surface area contributed by atoms with Crippen molar-refractivity contribution in [3.05, 3.63) is 54.3 Å². The van der Waals surface area contributed by atoms with Gasteiger partial charge in [0.25, 0.3) is 0 Å². The van der Waals surface area contributed by atoms with Crippen LogP contribution in [0.5, 0.6) is 0 Å². The maximum absolute atomic E-state index is 11.6. The normalized spacial score (nSPS) is 23.9. The third kappa shape index (κ3) is 2.99.